The van der Waals surface area contributed by atoms with Gasteiger partial charge >= 0.3 is 5.97 Å². The van der Waals surface area contributed by atoms with Crippen LogP contribution in [0.25, 0.3) is 0 Å². The maximum Gasteiger partial charge on any atom is 0.327 e. The summed E-state index contributed by atoms with van der Waals surface area (Å²) >= 11 is 0. The Labute approximate surface area is 154 Å². The smallest absolute Gasteiger partial charge is 0.327 e. The second-order valence-electron chi connectivity index (χ2n) is 7.60. The lowest BCUT2D eigenvalue weighted by molar-refractivity contribution is -0.151. The third-order valence-electron chi connectivity index (χ3n) is 5.60. The van der Waals surface area contributed by atoms with Crippen molar-refractivity contribution in [2.45, 2.75) is 56.9 Å². The van der Waals surface area contributed by atoms with Gasteiger partial charge in [0.2, 0.25) is 15.9 Å². The molecule has 0 amide bonds. The molecule has 0 bridgehead atoms. The number of ether oxygens (including phenoxy) is 2. The summed E-state index contributed by atoms with van der Waals surface area (Å²) in [5, 5.41) is 0. The van der Waals surface area contributed by atoms with E-state index < -0.39 is 39.3 Å². The van der Waals surface area contributed by atoms with E-state index in [9.17, 15) is 22.0 Å². The molecule has 0 aromatic heterocycles. The summed E-state index contributed by atoms with van der Waals surface area (Å²) in [7, 11) is -2.57. The van der Waals surface area contributed by atoms with Gasteiger partial charge in [0.25, 0.3) is 0 Å². The van der Waals surface area contributed by atoms with Crippen LogP contribution in [0.3, 0.4) is 0 Å². The van der Waals surface area contributed by atoms with Crippen molar-refractivity contribution >= 4 is 16.0 Å². The van der Waals surface area contributed by atoms with Crippen LogP contribution in [0.1, 0.15) is 45.4 Å². The van der Waals surface area contributed by atoms with Gasteiger partial charge in [0.15, 0.2) is 0 Å². The molecule has 2 aliphatic rings. The molecule has 4 atom stereocenters. The Bertz CT molecular complexity index is 612. The average molecular weight is 397 g/mol. The molecule has 2 fully saturated rings. The zero-order chi connectivity index (χ0) is 19.6. The van der Waals surface area contributed by atoms with E-state index in [1.165, 1.54) is 7.11 Å². The third kappa shape index (κ3) is 4.72. The van der Waals surface area contributed by atoms with Gasteiger partial charge in [-0.15, -0.1) is 0 Å². The minimum absolute atomic E-state index is 0.00873. The average Bonchev–Trinajstić information content (AvgIpc) is 2.81. The molecule has 0 aliphatic heterocycles. The number of carbonyl (C=O) groups excluding carboxylic acids is 1. The van der Waals surface area contributed by atoms with Gasteiger partial charge in [-0.2, -0.15) is 4.72 Å². The monoisotopic (exact) mass is 397 g/mol. The van der Waals surface area contributed by atoms with Crippen LogP contribution in [-0.4, -0.2) is 52.4 Å². The summed E-state index contributed by atoms with van der Waals surface area (Å²) in [6, 6.07) is 0. The quantitative estimate of drug-likeness (QED) is 0.502. The zero-order valence-electron chi connectivity index (χ0n) is 15.6. The van der Waals surface area contributed by atoms with Crippen molar-refractivity contribution in [3.63, 3.8) is 0 Å². The SMILES string of the molecule is CCCCOC[C@H]1[C@@H]2CCC(F)(F)C[C@H]2CC1(NS(C)(=O)=O)C(=O)OC. The molecule has 1 N–H and O–H groups in total. The van der Waals surface area contributed by atoms with E-state index in [2.05, 4.69) is 4.72 Å². The molecule has 0 spiro atoms. The van der Waals surface area contributed by atoms with Crippen molar-refractivity contribution in [1.82, 2.24) is 4.72 Å². The molecular weight excluding hydrogens is 368 g/mol. The van der Waals surface area contributed by atoms with Crippen LogP contribution >= 0.6 is 0 Å². The lowest BCUT2D eigenvalue weighted by Gasteiger charge is -2.36. The van der Waals surface area contributed by atoms with E-state index in [0.29, 0.717) is 6.61 Å². The van der Waals surface area contributed by atoms with Gasteiger partial charge in [0.05, 0.1) is 20.0 Å². The number of sulfonamides is 1. The van der Waals surface area contributed by atoms with Crippen LogP contribution in [0.15, 0.2) is 0 Å². The fourth-order valence-corrected chi connectivity index (χ4v) is 5.54. The van der Waals surface area contributed by atoms with E-state index in [0.717, 1.165) is 19.1 Å². The molecule has 0 heterocycles. The Morgan fingerprint density at radius 2 is 2.00 bits per heavy atom. The molecule has 0 saturated heterocycles. The predicted molar refractivity (Wildman–Crippen MR) is 92.3 cm³/mol. The Kier molecular flexibility index (Phi) is 6.66. The lowest BCUT2D eigenvalue weighted by Crippen LogP contribution is -2.59. The van der Waals surface area contributed by atoms with E-state index >= 15 is 0 Å². The molecule has 2 saturated carbocycles. The molecule has 152 valence electrons. The van der Waals surface area contributed by atoms with Crippen LogP contribution < -0.4 is 4.72 Å². The molecule has 9 heteroatoms. The summed E-state index contributed by atoms with van der Waals surface area (Å²) in [4.78, 5) is 12.6. The third-order valence-corrected chi connectivity index (χ3v) is 6.34. The Morgan fingerprint density at radius 1 is 1.31 bits per heavy atom. The number of esters is 1. The van der Waals surface area contributed by atoms with Gasteiger partial charge in [-0.05, 0) is 31.1 Å². The summed E-state index contributed by atoms with van der Waals surface area (Å²) in [5.74, 6) is -4.70. The van der Waals surface area contributed by atoms with Crippen LogP contribution in [0, 0.1) is 17.8 Å². The summed E-state index contributed by atoms with van der Waals surface area (Å²) in [5.41, 5.74) is -1.55. The molecular formula is C17H29F2NO5S. The van der Waals surface area contributed by atoms with Crippen LogP contribution in [0.4, 0.5) is 8.78 Å². The number of alkyl halides is 2. The first-order valence-electron chi connectivity index (χ1n) is 9.07. The minimum atomic E-state index is -3.75. The number of hydrogen-bond acceptors (Lipinski definition) is 5. The van der Waals surface area contributed by atoms with Gasteiger partial charge in [-0.3, -0.25) is 4.79 Å². The van der Waals surface area contributed by atoms with Gasteiger partial charge in [-0.25, -0.2) is 17.2 Å². The summed E-state index contributed by atoms with van der Waals surface area (Å²) in [6.45, 7) is 2.64. The van der Waals surface area contributed by atoms with Crippen molar-refractivity contribution in [2.24, 2.45) is 17.8 Å². The molecule has 0 radical (unpaired) electrons. The van der Waals surface area contributed by atoms with Gasteiger partial charge in [0, 0.05) is 25.4 Å². The van der Waals surface area contributed by atoms with Crippen molar-refractivity contribution in [3.05, 3.63) is 0 Å². The number of rotatable bonds is 8. The number of carbonyl (C=O) groups is 1. The maximum absolute atomic E-state index is 13.9. The molecule has 0 aromatic carbocycles. The van der Waals surface area contributed by atoms with E-state index in [4.69, 9.17) is 9.47 Å². The number of fused-ring (bicyclic) bond motifs is 1. The first-order valence-corrected chi connectivity index (χ1v) is 11.0. The van der Waals surface area contributed by atoms with Crippen molar-refractivity contribution < 1.29 is 31.5 Å². The topological polar surface area (TPSA) is 81.7 Å². The Balaban J connectivity index is 2.35. The highest BCUT2D eigenvalue weighted by Gasteiger charge is 2.62. The van der Waals surface area contributed by atoms with E-state index in [1.54, 1.807) is 0 Å². The fourth-order valence-electron chi connectivity index (χ4n) is 4.56. The molecule has 1 unspecified atom stereocenters. The second-order valence-corrected chi connectivity index (χ2v) is 9.35. The fraction of sp³-hybridized carbons (Fsp3) is 0.941. The Morgan fingerprint density at radius 3 is 2.58 bits per heavy atom. The zero-order valence-corrected chi connectivity index (χ0v) is 16.4. The largest absolute Gasteiger partial charge is 0.468 e. The van der Waals surface area contributed by atoms with Crippen molar-refractivity contribution in [1.29, 1.82) is 0 Å². The summed E-state index contributed by atoms with van der Waals surface area (Å²) in [6.07, 6.45) is 2.39. The highest BCUT2D eigenvalue weighted by molar-refractivity contribution is 7.88. The molecule has 6 nitrogen and oxygen atoms in total. The predicted octanol–water partition coefficient (Wildman–Crippen LogP) is 2.34. The molecule has 2 rings (SSSR count). The van der Waals surface area contributed by atoms with Crippen LogP contribution in [-0.2, 0) is 24.3 Å². The second kappa shape index (κ2) is 8.06. The van der Waals surface area contributed by atoms with Gasteiger partial charge in [-0.1, -0.05) is 13.3 Å². The standard InChI is InChI=1S/C17H29F2NO5S/c1-4-5-8-25-11-14-13-6-7-16(18,19)9-12(13)10-17(14,15(21)24-2)20-26(3,22)23/h12-14,20H,4-11H2,1-3H3/t12-,13+,14-,17?/m0/s1. The maximum atomic E-state index is 13.9. The van der Waals surface area contributed by atoms with Crippen molar-refractivity contribution in [3.8, 4) is 0 Å². The van der Waals surface area contributed by atoms with E-state index in [1.807, 2.05) is 6.92 Å². The van der Waals surface area contributed by atoms with Crippen molar-refractivity contribution in [2.75, 3.05) is 26.6 Å². The normalized spacial score (nSPS) is 33.7. The Hall–Kier alpha value is -0.800. The van der Waals surface area contributed by atoms with Crippen LogP contribution in [0.5, 0.6) is 0 Å². The lowest BCUT2D eigenvalue weighted by atomic mass is 9.75. The molecule has 2 aliphatic carbocycles. The van der Waals surface area contributed by atoms with Crippen LogP contribution in [0.2, 0.25) is 0 Å². The minimum Gasteiger partial charge on any atom is -0.468 e. The molecule has 26 heavy (non-hydrogen) atoms. The number of hydrogen-bond donors (Lipinski definition) is 1. The number of methoxy groups -OCH3 is 1. The summed E-state index contributed by atoms with van der Waals surface area (Å²) < 4.78 is 64.8. The number of unbranched alkanes of at least 4 members (excludes halogenated alkanes) is 1. The first kappa shape index (κ1) is 21.5. The highest BCUT2D eigenvalue weighted by Crippen LogP contribution is 2.55. The first-order chi connectivity index (χ1) is 12.0. The number of nitrogens with one attached hydrogen (secondary N) is 1. The molecule has 0 aromatic rings. The van der Waals surface area contributed by atoms with Gasteiger partial charge in [0.1, 0.15) is 5.54 Å². The number of halogens is 2. The highest BCUT2D eigenvalue weighted by atomic mass is 32.2. The van der Waals surface area contributed by atoms with Gasteiger partial charge < -0.3 is 9.47 Å². The van der Waals surface area contributed by atoms with E-state index in [-0.39, 0.29) is 38.2 Å².